The zero-order chi connectivity index (χ0) is 14.4. The van der Waals surface area contributed by atoms with Crippen LogP contribution in [0.1, 0.15) is 16.0 Å². The van der Waals surface area contributed by atoms with Gasteiger partial charge in [0.25, 0.3) is 0 Å². The molecular formula is C15H11NO3S. The minimum absolute atomic E-state index is 0.301. The van der Waals surface area contributed by atoms with Crippen LogP contribution >= 0.6 is 11.3 Å². The number of ether oxygens (including phenoxy) is 1. The predicted molar refractivity (Wildman–Crippen MR) is 76.5 cm³/mol. The molecule has 0 radical (unpaired) electrons. The molecule has 0 atom stereocenters. The van der Waals surface area contributed by atoms with Gasteiger partial charge in [-0.3, -0.25) is 0 Å². The molecule has 1 N–H and O–H groups in total. The molecule has 0 fully saturated rings. The summed E-state index contributed by atoms with van der Waals surface area (Å²) in [6, 6.07) is 10.9. The van der Waals surface area contributed by atoms with E-state index < -0.39 is 5.97 Å². The molecule has 0 aliphatic heterocycles. The molecule has 0 aliphatic carbocycles. The summed E-state index contributed by atoms with van der Waals surface area (Å²) in [4.78, 5) is 11.4. The maximum absolute atomic E-state index is 10.5. The van der Waals surface area contributed by atoms with Crippen molar-refractivity contribution in [1.29, 1.82) is 5.26 Å². The molecule has 0 saturated heterocycles. The van der Waals surface area contributed by atoms with Crippen molar-refractivity contribution in [3.05, 3.63) is 57.8 Å². The molecule has 1 aromatic carbocycles. The second-order valence-electron chi connectivity index (χ2n) is 3.87. The summed E-state index contributed by atoms with van der Waals surface area (Å²) in [7, 11) is 0. The summed E-state index contributed by atoms with van der Waals surface area (Å²) in [5.74, 6) is -0.463. The van der Waals surface area contributed by atoms with E-state index in [9.17, 15) is 4.79 Å². The van der Waals surface area contributed by atoms with E-state index in [0.717, 1.165) is 16.5 Å². The lowest BCUT2D eigenvalue weighted by atomic mass is 10.2. The zero-order valence-electron chi connectivity index (χ0n) is 10.4. The van der Waals surface area contributed by atoms with Crippen molar-refractivity contribution in [2.75, 3.05) is 0 Å². The maximum atomic E-state index is 10.5. The third kappa shape index (κ3) is 3.46. The number of rotatable bonds is 5. The van der Waals surface area contributed by atoms with Crippen LogP contribution in [0.2, 0.25) is 0 Å². The molecule has 0 aliphatic rings. The van der Waals surface area contributed by atoms with Crippen molar-refractivity contribution in [2.45, 2.75) is 6.61 Å². The normalized spacial score (nSPS) is 10.3. The van der Waals surface area contributed by atoms with Gasteiger partial charge in [0, 0.05) is 11.0 Å². The molecule has 2 aromatic rings. The fourth-order valence-electron chi connectivity index (χ4n) is 1.61. The first-order valence-electron chi connectivity index (χ1n) is 5.80. The Balaban J connectivity index is 2.10. The number of nitrogens with zero attached hydrogens (tertiary/aromatic N) is 1. The second-order valence-corrected chi connectivity index (χ2v) is 4.87. The summed E-state index contributed by atoms with van der Waals surface area (Å²) in [6.45, 7) is 0.301. The largest absolute Gasteiger partial charge is 0.487 e. The van der Waals surface area contributed by atoms with Crippen LogP contribution in [0, 0.1) is 11.3 Å². The first-order chi connectivity index (χ1) is 9.70. The van der Waals surface area contributed by atoms with Crippen LogP contribution in [0.3, 0.4) is 0 Å². The van der Waals surface area contributed by atoms with Gasteiger partial charge in [0.2, 0.25) is 0 Å². The van der Waals surface area contributed by atoms with Crippen LogP contribution in [-0.2, 0) is 11.4 Å². The van der Waals surface area contributed by atoms with Crippen molar-refractivity contribution < 1.29 is 14.6 Å². The third-order valence-corrected chi connectivity index (χ3v) is 3.46. The third-order valence-electron chi connectivity index (χ3n) is 2.55. The van der Waals surface area contributed by atoms with E-state index in [-0.39, 0.29) is 0 Å². The van der Waals surface area contributed by atoms with Gasteiger partial charge < -0.3 is 9.84 Å². The van der Waals surface area contributed by atoms with E-state index >= 15 is 0 Å². The highest BCUT2D eigenvalue weighted by Crippen LogP contribution is 2.23. The highest BCUT2D eigenvalue weighted by atomic mass is 32.1. The number of carboxylic acid groups (broad SMARTS) is 1. The zero-order valence-corrected chi connectivity index (χ0v) is 11.3. The van der Waals surface area contributed by atoms with Gasteiger partial charge >= 0.3 is 5.97 Å². The summed E-state index contributed by atoms with van der Waals surface area (Å²) in [5, 5.41) is 19.5. The van der Waals surface area contributed by atoms with E-state index in [2.05, 4.69) is 6.07 Å². The van der Waals surface area contributed by atoms with Crippen LogP contribution in [0.25, 0.3) is 6.08 Å². The fourth-order valence-corrected chi connectivity index (χ4v) is 2.38. The Morgan fingerprint density at radius 2 is 2.20 bits per heavy atom. The summed E-state index contributed by atoms with van der Waals surface area (Å²) in [5.41, 5.74) is 1.29. The maximum Gasteiger partial charge on any atom is 0.328 e. The van der Waals surface area contributed by atoms with E-state index in [0.29, 0.717) is 17.9 Å². The molecule has 1 heterocycles. The number of aliphatic carboxylic acids is 1. The number of para-hydroxylation sites is 1. The molecule has 0 saturated carbocycles. The van der Waals surface area contributed by atoms with Gasteiger partial charge in [-0.25, -0.2) is 4.79 Å². The molecule has 0 bridgehead atoms. The summed E-state index contributed by atoms with van der Waals surface area (Å²) in [6.07, 6.45) is 2.63. The van der Waals surface area contributed by atoms with Crippen LogP contribution in [-0.4, -0.2) is 11.1 Å². The van der Waals surface area contributed by atoms with E-state index in [1.807, 2.05) is 11.4 Å². The van der Waals surface area contributed by atoms with Gasteiger partial charge in [-0.05, 0) is 35.2 Å². The van der Waals surface area contributed by atoms with E-state index in [1.54, 1.807) is 24.3 Å². The number of benzene rings is 1. The van der Waals surface area contributed by atoms with Crippen LogP contribution < -0.4 is 4.74 Å². The van der Waals surface area contributed by atoms with Crippen LogP contribution in [0.15, 0.2) is 41.8 Å². The van der Waals surface area contributed by atoms with Crippen molar-refractivity contribution >= 4 is 23.4 Å². The van der Waals surface area contributed by atoms with Crippen molar-refractivity contribution in [1.82, 2.24) is 0 Å². The monoisotopic (exact) mass is 285 g/mol. The minimum Gasteiger partial charge on any atom is -0.487 e. The molecule has 100 valence electrons. The molecule has 0 unspecified atom stereocenters. The Hall–Kier alpha value is -2.58. The Kier molecular flexibility index (Phi) is 4.53. The molecule has 1 aromatic heterocycles. The lowest BCUT2D eigenvalue weighted by Crippen LogP contribution is -1.96. The highest BCUT2D eigenvalue weighted by Gasteiger charge is 2.06. The Bertz CT molecular complexity index is 682. The van der Waals surface area contributed by atoms with Crippen LogP contribution in [0.5, 0.6) is 5.75 Å². The molecule has 4 nitrogen and oxygen atoms in total. The summed E-state index contributed by atoms with van der Waals surface area (Å²) < 4.78 is 5.63. The Morgan fingerprint density at radius 1 is 1.40 bits per heavy atom. The van der Waals surface area contributed by atoms with Gasteiger partial charge in [-0.1, -0.05) is 12.1 Å². The molecule has 2 rings (SSSR count). The molecule has 20 heavy (non-hydrogen) atoms. The predicted octanol–water partition coefficient (Wildman–Crippen LogP) is 3.30. The number of nitriles is 1. The van der Waals surface area contributed by atoms with Gasteiger partial charge in [0.1, 0.15) is 18.4 Å². The summed E-state index contributed by atoms with van der Waals surface area (Å²) >= 11 is 1.48. The first kappa shape index (κ1) is 13.8. The molecule has 0 spiro atoms. The Labute approximate surface area is 120 Å². The fraction of sp³-hybridized carbons (Fsp3) is 0.0667. The van der Waals surface area contributed by atoms with Gasteiger partial charge in [-0.2, -0.15) is 5.26 Å². The lowest BCUT2D eigenvalue weighted by Gasteiger charge is -2.07. The van der Waals surface area contributed by atoms with E-state index in [1.165, 1.54) is 17.4 Å². The van der Waals surface area contributed by atoms with Crippen LogP contribution in [0.4, 0.5) is 0 Å². The quantitative estimate of drug-likeness (QED) is 0.856. The second kappa shape index (κ2) is 6.55. The van der Waals surface area contributed by atoms with Gasteiger partial charge in [-0.15, -0.1) is 11.3 Å². The van der Waals surface area contributed by atoms with Gasteiger partial charge in [0.15, 0.2) is 0 Å². The number of carbonyl (C=O) groups is 1. The number of hydrogen-bond acceptors (Lipinski definition) is 4. The average molecular weight is 285 g/mol. The van der Waals surface area contributed by atoms with Crippen molar-refractivity contribution in [3.63, 3.8) is 0 Å². The standard InChI is InChI=1S/C15H11NO3S/c16-9-12-3-1-2-4-13(12)19-10-14-11(7-8-20-14)5-6-15(17)18/h1-8H,10H2,(H,17,18). The number of hydrogen-bond donors (Lipinski definition) is 1. The Morgan fingerprint density at radius 3 is 2.95 bits per heavy atom. The molecular weight excluding hydrogens is 274 g/mol. The van der Waals surface area contributed by atoms with Crippen molar-refractivity contribution in [2.24, 2.45) is 0 Å². The van der Waals surface area contributed by atoms with E-state index in [4.69, 9.17) is 15.1 Å². The lowest BCUT2D eigenvalue weighted by molar-refractivity contribution is -0.131. The minimum atomic E-state index is -0.988. The van der Waals surface area contributed by atoms with Crippen molar-refractivity contribution in [3.8, 4) is 11.8 Å². The SMILES string of the molecule is N#Cc1ccccc1OCc1sccc1C=CC(=O)O. The molecule has 0 amide bonds. The number of carboxylic acids is 1. The topological polar surface area (TPSA) is 70.3 Å². The highest BCUT2D eigenvalue weighted by molar-refractivity contribution is 7.10. The smallest absolute Gasteiger partial charge is 0.328 e. The first-order valence-corrected chi connectivity index (χ1v) is 6.68. The van der Waals surface area contributed by atoms with Gasteiger partial charge in [0.05, 0.1) is 5.56 Å². The molecule has 5 heteroatoms. The average Bonchev–Trinajstić information content (AvgIpc) is 2.90. The number of thiophene rings is 1.